The molecule has 0 saturated carbocycles. The summed E-state index contributed by atoms with van der Waals surface area (Å²) in [6, 6.07) is 0. The highest BCUT2D eigenvalue weighted by molar-refractivity contribution is 4.69. The van der Waals surface area contributed by atoms with Gasteiger partial charge in [0.05, 0.1) is 6.10 Å². The molecule has 0 aromatic heterocycles. The molecule has 0 N–H and O–H groups in total. The molecule has 10 heavy (non-hydrogen) atoms. The molecule has 1 fully saturated rings. The Morgan fingerprint density at radius 2 is 2.30 bits per heavy atom. The highest BCUT2D eigenvalue weighted by Crippen LogP contribution is 2.11. The van der Waals surface area contributed by atoms with Crippen LogP contribution in [0.25, 0.3) is 0 Å². The van der Waals surface area contributed by atoms with Crippen LogP contribution in [0.4, 0.5) is 0 Å². The Morgan fingerprint density at radius 3 is 2.70 bits per heavy atom. The third kappa shape index (κ3) is 2.27. The molecule has 1 saturated heterocycles. The predicted molar refractivity (Wildman–Crippen MR) is 42.1 cm³/mol. The minimum atomic E-state index is 0.538. The Labute approximate surface area is 63.2 Å². The van der Waals surface area contributed by atoms with Crippen LogP contribution in [0.2, 0.25) is 0 Å². The van der Waals surface area contributed by atoms with Gasteiger partial charge in [-0.25, -0.2) is 0 Å². The van der Waals surface area contributed by atoms with E-state index in [2.05, 4.69) is 18.9 Å². The van der Waals surface area contributed by atoms with Crippen molar-refractivity contribution in [2.45, 2.75) is 25.9 Å². The summed E-state index contributed by atoms with van der Waals surface area (Å²) in [5.41, 5.74) is 0. The van der Waals surface area contributed by atoms with E-state index < -0.39 is 0 Å². The minimum absolute atomic E-state index is 0.538. The van der Waals surface area contributed by atoms with Crippen LogP contribution in [-0.2, 0) is 4.74 Å². The summed E-state index contributed by atoms with van der Waals surface area (Å²) in [5.74, 6) is 0. The van der Waals surface area contributed by atoms with Gasteiger partial charge in [0.25, 0.3) is 0 Å². The molecular formula is C8H17NO. The number of nitrogens with zero attached hydrogens (tertiary/aromatic N) is 1. The zero-order valence-electron chi connectivity index (χ0n) is 6.97. The predicted octanol–water partition coefficient (Wildman–Crippen LogP) is 1.12. The van der Waals surface area contributed by atoms with Crippen molar-refractivity contribution in [3.63, 3.8) is 0 Å². The molecule has 0 aromatic rings. The fourth-order valence-electron chi connectivity index (χ4n) is 1.25. The second-order valence-corrected chi connectivity index (χ2v) is 3.04. The maximum Gasteiger partial charge on any atom is 0.0723 e. The summed E-state index contributed by atoms with van der Waals surface area (Å²) in [7, 11) is 2.16. The Morgan fingerprint density at radius 1 is 1.60 bits per heavy atom. The van der Waals surface area contributed by atoms with Crippen LogP contribution in [0, 0.1) is 0 Å². The molecule has 2 nitrogen and oxygen atoms in total. The molecule has 0 aliphatic carbocycles. The molecule has 2 heteroatoms. The minimum Gasteiger partial charge on any atom is -0.377 e. The molecule has 1 rings (SSSR count). The molecule has 0 bridgehead atoms. The van der Waals surface area contributed by atoms with Crippen LogP contribution in [0.5, 0.6) is 0 Å². The topological polar surface area (TPSA) is 12.5 Å². The first-order valence-corrected chi connectivity index (χ1v) is 4.13. The lowest BCUT2D eigenvalue weighted by atomic mass is 10.2. The van der Waals surface area contributed by atoms with Crippen LogP contribution < -0.4 is 0 Å². The fraction of sp³-hybridized carbons (Fsp3) is 1.00. The molecule has 0 spiro atoms. The normalized spacial score (nSPS) is 24.9. The summed E-state index contributed by atoms with van der Waals surface area (Å²) in [6.45, 7) is 5.50. The lowest BCUT2D eigenvalue weighted by Crippen LogP contribution is -2.38. The summed E-state index contributed by atoms with van der Waals surface area (Å²) in [6.07, 6.45) is 3.04. The van der Waals surface area contributed by atoms with Gasteiger partial charge in [0, 0.05) is 13.2 Å². The van der Waals surface area contributed by atoms with Gasteiger partial charge in [0.2, 0.25) is 0 Å². The second kappa shape index (κ2) is 3.94. The van der Waals surface area contributed by atoms with Crippen LogP contribution in [0.15, 0.2) is 0 Å². The average Bonchev–Trinajstić information content (AvgIpc) is 1.80. The van der Waals surface area contributed by atoms with Gasteiger partial charge in [-0.1, -0.05) is 6.92 Å². The van der Waals surface area contributed by atoms with Crippen LogP contribution in [-0.4, -0.2) is 37.7 Å². The van der Waals surface area contributed by atoms with Gasteiger partial charge in [-0.05, 0) is 26.4 Å². The highest BCUT2D eigenvalue weighted by atomic mass is 16.5. The molecule has 0 amide bonds. The number of rotatable bonds is 4. The molecule has 1 aliphatic heterocycles. The summed E-state index contributed by atoms with van der Waals surface area (Å²) < 4.78 is 5.31. The number of hydrogen-bond donors (Lipinski definition) is 0. The Balaban J connectivity index is 1.99. The molecule has 1 heterocycles. The van der Waals surface area contributed by atoms with Gasteiger partial charge in [-0.2, -0.15) is 0 Å². The Bertz CT molecular complexity index is 91.3. The third-order valence-electron chi connectivity index (χ3n) is 1.91. The Hall–Kier alpha value is -0.0800. The molecule has 1 atom stereocenters. The van der Waals surface area contributed by atoms with Crippen molar-refractivity contribution in [3.8, 4) is 0 Å². The molecule has 60 valence electrons. The van der Waals surface area contributed by atoms with Crippen molar-refractivity contribution in [3.05, 3.63) is 0 Å². The number of hydrogen-bond acceptors (Lipinski definition) is 2. The van der Waals surface area contributed by atoms with Gasteiger partial charge in [-0.3, -0.25) is 0 Å². The standard InChI is InChI=1S/C8H17NO/c1-3-5-9(2)7-8-4-6-10-8/h8H,3-7H2,1-2H3. The van der Waals surface area contributed by atoms with E-state index >= 15 is 0 Å². The van der Waals surface area contributed by atoms with E-state index in [0.29, 0.717) is 6.10 Å². The van der Waals surface area contributed by atoms with Gasteiger partial charge in [0.15, 0.2) is 0 Å². The van der Waals surface area contributed by atoms with Crippen LogP contribution in [0.1, 0.15) is 19.8 Å². The van der Waals surface area contributed by atoms with E-state index in [1.54, 1.807) is 0 Å². The van der Waals surface area contributed by atoms with Crippen molar-refractivity contribution in [2.24, 2.45) is 0 Å². The van der Waals surface area contributed by atoms with Crippen molar-refractivity contribution >= 4 is 0 Å². The SMILES string of the molecule is CCCN(C)CC1CCO1. The quantitative estimate of drug-likeness (QED) is 0.584. The zero-order chi connectivity index (χ0) is 7.40. The first kappa shape index (κ1) is 8.02. The van der Waals surface area contributed by atoms with Crippen molar-refractivity contribution in [2.75, 3.05) is 26.7 Å². The maximum absolute atomic E-state index is 5.31. The van der Waals surface area contributed by atoms with E-state index in [-0.39, 0.29) is 0 Å². The first-order chi connectivity index (χ1) is 4.83. The maximum atomic E-state index is 5.31. The van der Waals surface area contributed by atoms with Gasteiger partial charge in [-0.15, -0.1) is 0 Å². The van der Waals surface area contributed by atoms with E-state index in [9.17, 15) is 0 Å². The van der Waals surface area contributed by atoms with E-state index in [0.717, 1.165) is 13.2 Å². The van der Waals surface area contributed by atoms with Crippen LogP contribution in [0.3, 0.4) is 0 Å². The highest BCUT2D eigenvalue weighted by Gasteiger charge is 2.18. The van der Waals surface area contributed by atoms with Gasteiger partial charge in [0.1, 0.15) is 0 Å². The number of ether oxygens (including phenoxy) is 1. The van der Waals surface area contributed by atoms with E-state index in [1.165, 1.54) is 19.4 Å². The second-order valence-electron chi connectivity index (χ2n) is 3.04. The third-order valence-corrected chi connectivity index (χ3v) is 1.91. The summed E-state index contributed by atoms with van der Waals surface area (Å²) >= 11 is 0. The average molecular weight is 143 g/mol. The van der Waals surface area contributed by atoms with E-state index in [1.807, 2.05) is 0 Å². The van der Waals surface area contributed by atoms with Gasteiger partial charge < -0.3 is 9.64 Å². The summed E-state index contributed by atoms with van der Waals surface area (Å²) in [5, 5.41) is 0. The number of likely N-dealkylation sites (N-methyl/N-ethyl adjacent to an activating group) is 1. The lowest BCUT2D eigenvalue weighted by molar-refractivity contribution is -0.0635. The molecule has 0 radical (unpaired) electrons. The van der Waals surface area contributed by atoms with Crippen molar-refractivity contribution < 1.29 is 4.74 Å². The lowest BCUT2D eigenvalue weighted by Gasteiger charge is -2.30. The van der Waals surface area contributed by atoms with E-state index in [4.69, 9.17) is 4.74 Å². The first-order valence-electron chi connectivity index (χ1n) is 4.13. The molecule has 0 aromatic carbocycles. The molecular weight excluding hydrogens is 126 g/mol. The smallest absolute Gasteiger partial charge is 0.0723 e. The summed E-state index contributed by atoms with van der Waals surface area (Å²) in [4.78, 5) is 2.34. The monoisotopic (exact) mass is 143 g/mol. The van der Waals surface area contributed by atoms with Crippen LogP contribution >= 0.6 is 0 Å². The van der Waals surface area contributed by atoms with Crippen molar-refractivity contribution in [1.29, 1.82) is 0 Å². The van der Waals surface area contributed by atoms with Gasteiger partial charge >= 0.3 is 0 Å². The largest absolute Gasteiger partial charge is 0.377 e. The Kier molecular flexibility index (Phi) is 3.16. The molecule has 1 unspecified atom stereocenters. The zero-order valence-corrected chi connectivity index (χ0v) is 6.97. The fourth-order valence-corrected chi connectivity index (χ4v) is 1.25. The molecule has 1 aliphatic rings. The van der Waals surface area contributed by atoms with Crippen molar-refractivity contribution in [1.82, 2.24) is 4.90 Å².